The fraction of sp³-hybridized carbons (Fsp3) is 0.565. The second-order valence-electron chi connectivity index (χ2n) is 8.50. The molecule has 2 aliphatic heterocycles. The van der Waals surface area contributed by atoms with Gasteiger partial charge in [-0.05, 0) is 44.2 Å². The van der Waals surface area contributed by atoms with Crippen molar-refractivity contribution in [2.75, 3.05) is 26.2 Å². The van der Waals surface area contributed by atoms with Crippen molar-refractivity contribution in [3.8, 4) is 11.4 Å². The van der Waals surface area contributed by atoms with E-state index in [-0.39, 0.29) is 29.5 Å². The fourth-order valence-corrected chi connectivity index (χ4v) is 4.53. The fourth-order valence-electron chi connectivity index (χ4n) is 4.53. The van der Waals surface area contributed by atoms with Crippen molar-refractivity contribution in [1.29, 1.82) is 0 Å². The van der Waals surface area contributed by atoms with Crippen molar-refractivity contribution in [1.82, 2.24) is 19.9 Å². The SMILES string of the molecule is CCCC(=O)N1CCC(C(=O)N2CCCC(c3nc(-c4cccc(F)c4)no3)C2)CC1. The molecule has 2 amide bonds. The highest BCUT2D eigenvalue weighted by Crippen LogP contribution is 2.30. The number of hydrogen-bond acceptors (Lipinski definition) is 5. The molecule has 1 unspecified atom stereocenters. The number of carbonyl (C=O) groups is 2. The minimum absolute atomic E-state index is 0.0151. The van der Waals surface area contributed by atoms with Crippen LogP contribution >= 0.6 is 0 Å². The smallest absolute Gasteiger partial charge is 0.231 e. The van der Waals surface area contributed by atoms with Crippen LogP contribution in [0.4, 0.5) is 4.39 Å². The first-order chi connectivity index (χ1) is 15.0. The third-order valence-corrected chi connectivity index (χ3v) is 6.27. The molecule has 2 saturated heterocycles. The number of benzene rings is 1. The first kappa shape index (κ1) is 21.5. The van der Waals surface area contributed by atoms with Crippen molar-refractivity contribution in [2.24, 2.45) is 5.92 Å². The zero-order chi connectivity index (χ0) is 21.8. The van der Waals surface area contributed by atoms with Crippen LogP contribution in [-0.2, 0) is 9.59 Å². The molecule has 166 valence electrons. The molecule has 0 spiro atoms. The average molecular weight is 429 g/mol. The van der Waals surface area contributed by atoms with E-state index in [9.17, 15) is 14.0 Å². The molecule has 0 aliphatic carbocycles. The van der Waals surface area contributed by atoms with E-state index in [2.05, 4.69) is 10.1 Å². The summed E-state index contributed by atoms with van der Waals surface area (Å²) in [5, 5.41) is 4.01. The molecule has 8 heteroatoms. The van der Waals surface area contributed by atoms with Crippen LogP contribution in [0.1, 0.15) is 57.3 Å². The maximum absolute atomic E-state index is 13.5. The summed E-state index contributed by atoms with van der Waals surface area (Å²) in [5.41, 5.74) is 0.572. The Morgan fingerprint density at radius 2 is 1.97 bits per heavy atom. The molecule has 7 nitrogen and oxygen atoms in total. The van der Waals surface area contributed by atoms with E-state index in [0.29, 0.717) is 43.3 Å². The van der Waals surface area contributed by atoms with Crippen LogP contribution in [0.2, 0.25) is 0 Å². The lowest BCUT2D eigenvalue weighted by atomic mass is 9.92. The molecule has 1 atom stereocenters. The third-order valence-electron chi connectivity index (χ3n) is 6.27. The van der Waals surface area contributed by atoms with Gasteiger partial charge < -0.3 is 14.3 Å². The van der Waals surface area contributed by atoms with E-state index in [0.717, 1.165) is 38.6 Å². The Hall–Kier alpha value is -2.77. The number of amides is 2. The molecule has 0 saturated carbocycles. The van der Waals surface area contributed by atoms with Crippen LogP contribution in [-0.4, -0.2) is 57.9 Å². The summed E-state index contributed by atoms with van der Waals surface area (Å²) in [7, 11) is 0. The van der Waals surface area contributed by atoms with Crippen molar-refractivity contribution < 1.29 is 18.5 Å². The highest BCUT2D eigenvalue weighted by atomic mass is 19.1. The Labute approximate surface area is 181 Å². The van der Waals surface area contributed by atoms with Crippen molar-refractivity contribution in [2.45, 2.75) is 51.4 Å². The molecule has 0 bridgehead atoms. The Kier molecular flexibility index (Phi) is 6.63. The molecule has 31 heavy (non-hydrogen) atoms. The molecule has 1 aromatic heterocycles. The van der Waals surface area contributed by atoms with Crippen LogP contribution in [0, 0.1) is 11.7 Å². The number of carbonyl (C=O) groups excluding carboxylic acids is 2. The van der Waals surface area contributed by atoms with Gasteiger partial charge in [0.05, 0.1) is 5.92 Å². The molecule has 0 N–H and O–H groups in total. The molecule has 2 aliphatic rings. The zero-order valence-electron chi connectivity index (χ0n) is 17.9. The Balaban J connectivity index is 1.36. The van der Waals surface area contributed by atoms with Gasteiger partial charge in [-0.15, -0.1) is 0 Å². The number of hydrogen-bond donors (Lipinski definition) is 0. The zero-order valence-corrected chi connectivity index (χ0v) is 17.9. The monoisotopic (exact) mass is 428 g/mol. The van der Waals surface area contributed by atoms with Gasteiger partial charge in [-0.25, -0.2) is 4.39 Å². The summed E-state index contributed by atoms with van der Waals surface area (Å²) in [5.74, 6) is 0.822. The highest BCUT2D eigenvalue weighted by molar-refractivity contribution is 5.80. The van der Waals surface area contributed by atoms with Gasteiger partial charge in [0.25, 0.3) is 0 Å². The van der Waals surface area contributed by atoms with Gasteiger partial charge in [0.1, 0.15) is 5.82 Å². The van der Waals surface area contributed by atoms with Crippen LogP contribution in [0.3, 0.4) is 0 Å². The topological polar surface area (TPSA) is 79.5 Å². The minimum atomic E-state index is -0.347. The van der Waals surface area contributed by atoms with E-state index >= 15 is 0 Å². The Bertz CT molecular complexity index is 923. The summed E-state index contributed by atoms with van der Waals surface area (Å²) in [6, 6.07) is 6.11. The van der Waals surface area contributed by atoms with Crippen molar-refractivity contribution >= 4 is 11.8 Å². The summed E-state index contributed by atoms with van der Waals surface area (Å²) in [6.07, 6.45) is 4.62. The summed E-state index contributed by atoms with van der Waals surface area (Å²) < 4.78 is 19.0. The molecule has 2 fully saturated rings. The van der Waals surface area contributed by atoms with Crippen LogP contribution < -0.4 is 0 Å². The number of rotatable bonds is 5. The van der Waals surface area contributed by atoms with E-state index in [4.69, 9.17) is 4.52 Å². The molecular weight excluding hydrogens is 399 g/mol. The molecule has 2 aromatic rings. The second-order valence-corrected chi connectivity index (χ2v) is 8.50. The number of piperidine rings is 2. The lowest BCUT2D eigenvalue weighted by Gasteiger charge is -2.37. The normalized spacial score (nSPS) is 20.1. The minimum Gasteiger partial charge on any atom is -0.343 e. The van der Waals surface area contributed by atoms with Gasteiger partial charge in [-0.1, -0.05) is 24.2 Å². The van der Waals surface area contributed by atoms with E-state index in [1.54, 1.807) is 12.1 Å². The van der Waals surface area contributed by atoms with Gasteiger partial charge >= 0.3 is 0 Å². The number of nitrogens with zero attached hydrogens (tertiary/aromatic N) is 4. The first-order valence-electron chi connectivity index (χ1n) is 11.2. The number of halogens is 1. The maximum Gasteiger partial charge on any atom is 0.231 e. The molecular formula is C23H29FN4O3. The molecule has 0 radical (unpaired) electrons. The molecule has 1 aromatic carbocycles. The average Bonchev–Trinajstić information content (AvgIpc) is 3.29. The van der Waals surface area contributed by atoms with Crippen LogP contribution in [0.25, 0.3) is 11.4 Å². The van der Waals surface area contributed by atoms with Gasteiger partial charge in [0, 0.05) is 44.1 Å². The lowest BCUT2D eigenvalue weighted by Crippen LogP contribution is -2.46. The summed E-state index contributed by atoms with van der Waals surface area (Å²) >= 11 is 0. The van der Waals surface area contributed by atoms with Crippen molar-refractivity contribution in [3.63, 3.8) is 0 Å². The summed E-state index contributed by atoms with van der Waals surface area (Å²) in [4.78, 5) is 33.5. The quantitative estimate of drug-likeness (QED) is 0.727. The lowest BCUT2D eigenvalue weighted by molar-refractivity contribution is -0.141. The van der Waals surface area contributed by atoms with Crippen LogP contribution in [0.15, 0.2) is 28.8 Å². The van der Waals surface area contributed by atoms with Gasteiger partial charge in [0.15, 0.2) is 0 Å². The predicted octanol–water partition coefficient (Wildman–Crippen LogP) is 3.62. The first-order valence-corrected chi connectivity index (χ1v) is 11.2. The Morgan fingerprint density at radius 1 is 1.16 bits per heavy atom. The van der Waals surface area contributed by atoms with E-state index in [1.165, 1.54) is 12.1 Å². The highest BCUT2D eigenvalue weighted by Gasteiger charge is 2.34. The third kappa shape index (κ3) is 4.94. The van der Waals surface area contributed by atoms with E-state index < -0.39 is 0 Å². The van der Waals surface area contributed by atoms with Gasteiger partial charge in [0.2, 0.25) is 23.5 Å². The van der Waals surface area contributed by atoms with Crippen LogP contribution in [0.5, 0.6) is 0 Å². The predicted molar refractivity (Wildman–Crippen MR) is 112 cm³/mol. The van der Waals surface area contributed by atoms with Gasteiger partial charge in [-0.2, -0.15) is 4.98 Å². The number of likely N-dealkylation sites (tertiary alicyclic amines) is 2. The van der Waals surface area contributed by atoms with E-state index in [1.807, 2.05) is 16.7 Å². The summed E-state index contributed by atoms with van der Waals surface area (Å²) in [6.45, 7) is 4.61. The number of aromatic nitrogens is 2. The van der Waals surface area contributed by atoms with Crippen molar-refractivity contribution in [3.05, 3.63) is 36.0 Å². The maximum atomic E-state index is 13.5. The molecule has 3 heterocycles. The second kappa shape index (κ2) is 9.58. The molecule has 4 rings (SSSR count). The Morgan fingerprint density at radius 3 is 2.71 bits per heavy atom. The standard InChI is InChI=1S/C23H29FN4O3/c1-2-5-20(29)27-12-9-16(10-13-27)23(30)28-11-4-7-18(15-28)22-25-21(26-31-22)17-6-3-8-19(24)14-17/h3,6,8,14,16,18H,2,4-5,7,9-13,15H2,1H3. The van der Waals surface area contributed by atoms with Gasteiger partial charge in [-0.3, -0.25) is 9.59 Å². The largest absolute Gasteiger partial charge is 0.343 e.